The number of rotatable bonds is 6. The van der Waals surface area contributed by atoms with Gasteiger partial charge in [0.1, 0.15) is 0 Å². The molecule has 0 aliphatic rings. The molecule has 25 heavy (non-hydrogen) atoms. The molecule has 0 aliphatic carbocycles. The van der Waals surface area contributed by atoms with Crippen molar-refractivity contribution >= 4 is 62.5 Å². The van der Waals surface area contributed by atoms with E-state index < -0.39 is 0 Å². The third kappa shape index (κ3) is 7.64. The maximum absolute atomic E-state index is 11.8. The van der Waals surface area contributed by atoms with Crippen molar-refractivity contribution in [2.45, 2.75) is 12.3 Å². The number of carbonyl (C=O) groups is 1. The van der Waals surface area contributed by atoms with Crippen molar-refractivity contribution in [3.63, 3.8) is 0 Å². The van der Waals surface area contributed by atoms with Crippen molar-refractivity contribution in [2.24, 2.45) is 0 Å². The monoisotopic (exact) mass is 457 g/mol. The molecule has 0 heterocycles. The normalized spacial score (nSPS) is 10.2. The van der Waals surface area contributed by atoms with E-state index >= 15 is 0 Å². The second-order valence-electron chi connectivity index (χ2n) is 5.07. The first-order chi connectivity index (χ1) is 12.0. The Labute approximate surface area is 170 Å². The molecule has 0 saturated carbocycles. The minimum atomic E-state index is -0.132. The summed E-state index contributed by atoms with van der Waals surface area (Å²) in [5.74, 6) is 0.968. The van der Waals surface area contributed by atoms with Crippen LogP contribution in [0.2, 0.25) is 5.02 Å². The van der Waals surface area contributed by atoms with E-state index in [0.717, 1.165) is 21.4 Å². The fourth-order valence-corrected chi connectivity index (χ4v) is 3.55. The number of nitrogens with one attached hydrogen (secondary N) is 3. The minimum absolute atomic E-state index is 0.132. The summed E-state index contributed by atoms with van der Waals surface area (Å²) in [5.41, 5.74) is 7.48. The molecule has 3 N–H and O–H groups in total. The molecule has 0 fully saturated rings. The van der Waals surface area contributed by atoms with Crippen LogP contribution in [0.1, 0.15) is 11.1 Å². The van der Waals surface area contributed by atoms with Gasteiger partial charge in [-0.3, -0.25) is 15.6 Å². The van der Waals surface area contributed by atoms with Crippen LogP contribution in [-0.2, 0) is 17.1 Å². The summed E-state index contributed by atoms with van der Waals surface area (Å²) in [6.07, 6.45) is 0. The van der Waals surface area contributed by atoms with Crippen LogP contribution in [0.3, 0.4) is 0 Å². The van der Waals surface area contributed by atoms with Crippen LogP contribution in [0.15, 0.2) is 53.0 Å². The molecule has 0 spiro atoms. The average Bonchev–Trinajstić information content (AvgIpc) is 2.61. The molecular formula is C17H17BrClN3OS2. The van der Waals surface area contributed by atoms with Crippen LogP contribution in [0.5, 0.6) is 0 Å². The van der Waals surface area contributed by atoms with E-state index in [-0.39, 0.29) is 5.91 Å². The zero-order valence-electron chi connectivity index (χ0n) is 13.2. The number of thiocarbonyl (C=S) groups is 1. The molecule has 0 saturated heterocycles. The summed E-state index contributed by atoms with van der Waals surface area (Å²) in [7, 11) is 0. The Balaban J connectivity index is 1.61. The number of hydrogen-bond donors (Lipinski definition) is 3. The van der Waals surface area contributed by atoms with Crippen LogP contribution in [-0.4, -0.2) is 16.8 Å². The molecule has 0 radical (unpaired) electrons. The van der Waals surface area contributed by atoms with Crippen molar-refractivity contribution in [1.29, 1.82) is 0 Å². The van der Waals surface area contributed by atoms with E-state index in [9.17, 15) is 4.79 Å². The summed E-state index contributed by atoms with van der Waals surface area (Å²) in [6, 6.07) is 15.4. The molecule has 0 unspecified atom stereocenters. The van der Waals surface area contributed by atoms with Crippen LogP contribution in [0, 0.1) is 0 Å². The second kappa shape index (κ2) is 10.7. The van der Waals surface area contributed by atoms with Gasteiger partial charge in [-0.15, -0.1) is 11.8 Å². The molecule has 2 rings (SSSR count). The van der Waals surface area contributed by atoms with E-state index in [4.69, 9.17) is 23.8 Å². The SMILES string of the molecule is O=C(CSCc1ccccc1Br)NNC(=S)NCc1ccc(Cl)cc1. The third-order valence-corrected chi connectivity index (χ3v) is 5.38. The molecule has 132 valence electrons. The molecule has 0 bridgehead atoms. The van der Waals surface area contributed by atoms with E-state index in [0.29, 0.717) is 22.4 Å². The third-order valence-electron chi connectivity index (χ3n) is 3.13. The largest absolute Gasteiger partial charge is 0.357 e. The Bertz CT molecular complexity index is 728. The van der Waals surface area contributed by atoms with Crippen LogP contribution >= 0.6 is 51.5 Å². The number of hydrazine groups is 1. The van der Waals surface area contributed by atoms with Gasteiger partial charge in [-0.05, 0) is 41.5 Å². The van der Waals surface area contributed by atoms with E-state index in [1.807, 2.05) is 48.5 Å². The van der Waals surface area contributed by atoms with Gasteiger partial charge in [-0.25, -0.2) is 0 Å². The Morgan fingerprint density at radius 1 is 1.12 bits per heavy atom. The lowest BCUT2D eigenvalue weighted by molar-refractivity contribution is -0.119. The molecule has 4 nitrogen and oxygen atoms in total. The fourth-order valence-electron chi connectivity index (χ4n) is 1.86. The maximum atomic E-state index is 11.8. The topological polar surface area (TPSA) is 53.2 Å². The molecule has 0 atom stereocenters. The van der Waals surface area contributed by atoms with Crippen LogP contribution < -0.4 is 16.2 Å². The summed E-state index contributed by atoms with van der Waals surface area (Å²) in [4.78, 5) is 11.8. The highest BCUT2D eigenvalue weighted by molar-refractivity contribution is 9.10. The molecule has 1 amide bonds. The average molecular weight is 459 g/mol. The molecule has 2 aromatic rings. The van der Waals surface area contributed by atoms with Crippen molar-refractivity contribution in [1.82, 2.24) is 16.2 Å². The Morgan fingerprint density at radius 3 is 2.56 bits per heavy atom. The van der Waals surface area contributed by atoms with Crippen molar-refractivity contribution in [3.8, 4) is 0 Å². The molecule has 8 heteroatoms. The van der Waals surface area contributed by atoms with Gasteiger partial charge in [0.25, 0.3) is 0 Å². The van der Waals surface area contributed by atoms with Gasteiger partial charge in [0.15, 0.2) is 5.11 Å². The van der Waals surface area contributed by atoms with Crippen LogP contribution in [0.4, 0.5) is 0 Å². The van der Waals surface area contributed by atoms with E-state index in [1.165, 1.54) is 11.8 Å². The summed E-state index contributed by atoms with van der Waals surface area (Å²) in [6.45, 7) is 0.551. The van der Waals surface area contributed by atoms with Gasteiger partial charge in [0.2, 0.25) is 5.91 Å². The van der Waals surface area contributed by atoms with E-state index in [1.54, 1.807) is 0 Å². The number of benzene rings is 2. The van der Waals surface area contributed by atoms with Crippen molar-refractivity contribution in [2.75, 3.05) is 5.75 Å². The smallest absolute Gasteiger partial charge is 0.248 e. The van der Waals surface area contributed by atoms with E-state index in [2.05, 4.69) is 32.1 Å². The van der Waals surface area contributed by atoms with Crippen molar-refractivity contribution < 1.29 is 4.79 Å². The lowest BCUT2D eigenvalue weighted by Crippen LogP contribution is -2.47. The van der Waals surface area contributed by atoms with Gasteiger partial charge < -0.3 is 5.32 Å². The van der Waals surface area contributed by atoms with Gasteiger partial charge >= 0.3 is 0 Å². The number of carbonyl (C=O) groups excluding carboxylic acids is 1. The summed E-state index contributed by atoms with van der Waals surface area (Å²) < 4.78 is 1.05. The molecule has 0 aromatic heterocycles. The fraction of sp³-hybridized carbons (Fsp3) is 0.176. The van der Waals surface area contributed by atoms with Crippen molar-refractivity contribution in [3.05, 3.63) is 69.2 Å². The number of halogens is 2. The molecule has 0 aliphatic heterocycles. The number of amides is 1. The quantitative estimate of drug-likeness (QED) is 0.451. The highest BCUT2D eigenvalue weighted by atomic mass is 79.9. The predicted molar refractivity (Wildman–Crippen MR) is 112 cm³/mol. The Hall–Kier alpha value is -1.28. The first-order valence-electron chi connectivity index (χ1n) is 7.43. The molecular weight excluding hydrogens is 442 g/mol. The highest BCUT2D eigenvalue weighted by Gasteiger charge is 2.04. The maximum Gasteiger partial charge on any atom is 0.248 e. The summed E-state index contributed by atoms with van der Waals surface area (Å²) in [5, 5.41) is 4.06. The van der Waals surface area contributed by atoms with Gasteiger partial charge in [-0.2, -0.15) is 0 Å². The lowest BCUT2D eigenvalue weighted by atomic mass is 10.2. The Morgan fingerprint density at radius 2 is 1.84 bits per heavy atom. The number of hydrogen-bond acceptors (Lipinski definition) is 3. The second-order valence-corrected chi connectivity index (χ2v) is 7.75. The highest BCUT2D eigenvalue weighted by Crippen LogP contribution is 2.20. The predicted octanol–water partition coefficient (Wildman–Crippen LogP) is 4.03. The van der Waals surface area contributed by atoms with Gasteiger partial charge in [0, 0.05) is 21.8 Å². The standard InChI is InChI=1S/C17H17BrClN3OS2/c18-15-4-2-1-3-13(15)10-25-11-16(23)21-22-17(24)20-9-12-5-7-14(19)8-6-12/h1-8H,9-11H2,(H,21,23)(H2,20,22,24). The first-order valence-corrected chi connectivity index (χ1v) is 10.2. The summed E-state index contributed by atoms with van der Waals surface area (Å²) >= 11 is 16.0. The van der Waals surface area contributed by atoms with Gasteiger partial charge in [-0.1, -0.05) is 57.9 Å². The lowest BCUT2D eigenvalue weighted by Gasteiger charge is -2.11. The zero-order valence-corrected chi connectivity index (χ0v) is 17.2. The minimum Gasteiger partial charge on any atom is -0.357 e. The van der Waals surface area contributed by atoms with Gasteiger partial charge in [0.05, 0.1) is 5.75 Å². The van der Waals surface area contributed by atoms with Crippen LogP contribution in [0.25, 0.3) is 0 Å². The first kappa shape index (κ1) is 20.0. The number of thioether (sulfide) groups is 1. The Kier molecular flexibility index (Phi) is 8.54. The zero-order chi connectivity index (χ0) is 18.1. The molecule has 2 aromatic carbocycles.